The minimum absolute atomic E-state index is 0.684. The van der Waals surface area contributed by atoms with Gasteiger partial charge in [0.2, 0.25) is 0 Å². The molecule has 1 aliphatic heterocycles. The van der Waals surface area contributed by atoms with Gasteiger partial charge in [0, 0.05) is 34.8 Å². The van der Waals surface area contributed by atoms with E-state index in [1.165, 1.54) is 0 Å². The van der Waals surface area contributed by atoms with Crippen LogP contribution in [0.4, 0.5) is 0 Å². The number of hydrogen-bond donors (Lipinski definition) is 0. The van der Waals surface area contributed by atoms with Crippen molar-refractivity contribution in [3.8, 4) is 34.1 Å². The van der Waals surface area contributed by atoms with Gasteiger partial charge in [-0.2, -0.15) is 0 Å². The standard InChI is InChI=1S/C22H23ClN2O3/c1-25-10-8-15-12-19(26-2)20(27-3)13-18(15)22-17(9-11-25)21(24-28-22)14-4-6-16(23)7-5-14/h4-7,12-13H,8-11H2,1-3H3. The number of aromatic nitrogens is 1. The quantitative estimate of drug-likeness (QED) is 0.639. The van der Waals surface area contributed by atoms with Gasteiger partial charge in [-0.25, -0.2) is 0 Å². The van der Waals surface area contributed by atoms with Crippen LogP contribution in [0.15, 0.2) is 40.9 Å². The van der Waals surface area contributed by atoms with Gasteiger partial charge in [0.05, 0.1) is 14.2 Å². The van der Waals surface area contributed by atoms with E-state index in [2.05, 4.69) is 17.1 Å². The minimum Gasteiger partial charge on any atom is -0.493 e. The van der Waals surface area contributed by atoms with Gasteiger partial charge in [-0.3, -0.25) is 0 Å². The summed E-state index contributed by atoms with van der Waals surface area (Å²) in [6, 6.07) is 11.7. The van der Waals surface area contributed by atoms with Crippen LogP contribution in [0.2, 0.25) is 5.02 Å². The first kappa shape index (κ1) is 18.8. The first-order chi connectivity index (χ1) is 13.6. The smallest absolute Gasteiger partial charge is 0.171 e. The van der Waals surface area contributed by atoms with Crippen molar-refractivity contribution in [1.82, 2.24) is 10.1 Å². The zero-order valence-electron chi connectivity index (χ0n) is 16.3. The number of hydrogen-bond acceptors (Lipinski definition) is 5. The van der Waals surface area contributed by atoms with Crippen molar-refractivity contribution in [2.75, 3.05) is 34.4 Å². The summed E-state index contributed by atoms with van der Waals surface area (Å²) >= 11 is 6.06. The first-order valence-corrected chi connectivity index (χ1v) is 9.66. The number of ether oxygens (including phenoxy) is 2. The molecule has 0 aliphatic carbocycles. The molecule has 1 aromatic heterocycles. The topological polar surface area (TPSA) is 47.7 Å². The molecule has 0 amide bonds. The fraction of sp³-hybridized carbons (Fsp3) is 0.318. The summed E-state index contributed by atoms with van der Waals surface area (Å²) < 4.78 is 16.9. The maximum absolute atomic E-state index is 6.06. The van der Waals surface area contributed by atoms with E-state index in [1.54, 1.807) is 14.2 Å². The minimum atomic E-state index is 0.684. The monoisotopic (exact) mass is 398 g/mol. The molecule has 0 spiro atoms. The summed E-state index contributed by atoms with van der Waals surface area (Å²) in [5.74, 6) is 2.21. The summed E-state index contributed by atoms with van der Waals surface area (Å²) in [6.45, 7) is 1.88. The Hall–Kier alpha value is -2.50. The molecule has 28 heavy (non-hydrogen) atoms. The Bertz CT molecular complexity index is 982. The Kier molecular flexibility index (Phi) is 5.29. The Balaban J connectivity index is 1.90. The predicted molar refractivity (Wildman–Crippen MR) is 110 cm³/mol. The van der Waals surface area contributed by atoms with E-state index in [0.29, 0.717) is 10.8 Å². The second-order valence-electron chi connectivity index (χ2n) is 7.01. The largest absolute Gasteiger partial charge is 0.493 e. The summed E-state index contributed by atoms with van der Waals surface area (Å²) in [6.07, 6.45) is 1.74. The summed E-state index contributed by atoms with van der Waals surface area (Å²) in [7, 11) is 5.44. The highest BCUT2D eigenvalue weighted by Crippen LogP contribution is 2.40. The number of nitrogens with zero attached hydrogens (tertiary/aromatic N) is 2. The molecule has 0 saturated carbocycles. The fourth-order valence-corrected chi connectivity index (χ4v) is 3.78. The Morgan fingerprint density at radius 1 is 1.00 bits per heavy atom. The van der Waals surface area contributed by atoms with Gasteiger partial charge in [0.1, 0.15) is 5.69 Å². The molecule has 6 heteroatoms. The number of fused-ring (bicyclic) bond motifs is 3. The summed E-state index contributed by atoms with van der Waals surface area (Å²) in [4.78, 5) is 2.33. The van der Waals surface area contributed by atoms with Crippen LogP contribution in [0.5, 0.6) is 11.5 Å². The predicted octanol–water partition coefficient (Wildman–Crippen LogP) is 4.71. The third-order valence-electron chi connectivity index (χ3n) is 5.27. The van der Waals surface area contributed by atoms with Crippen LogP contribution in [-0.4, -0.2) is 44.4 Å². The molecule has 0 bridgehead atoms. The van der Waals surface area contributed by atoms with Crippen LogP contribution in [0, 0.1) is 0 Å². The summed E-state index contributed by atoms with van der Waals surface area (Å²) in [5, 5.41) is 5.13. The molecule has 4 rings (SSSR count). The number of likely N-dealkylation sites (N-methyl/N-ethyl adjacent to an activating group) is 1. The van der Waals surface area contributed by atoms with Crippen LogP contribution >= 0.6 is 11.6 Å². The third-order valence-corrected chi connectivity index (χ3v) is 5.52. The van der Waals surface area contributed by atoms with Crippen LogP contribution in [-0.2, 0) is 12.8 Å². The first-order valence-electron chi connectivity index (χ1n) is 9.29. The third kappa shape index (κ3) is 3.48. The van der Waals surface area contributed by atoms with Crippen molar-refractivity contribution < 1.29 is 14.0 Å². The van der Waals surface area contributed by atoms with Crippen molar-refractivity contribution in [3.63, 3.8) is 0 Å². The lowest BCUT2D eigenvalue weighted by molar-refractivity contribution is 0.342. The molecule has 1 aliphatic rings. The Morgan fingerprint density at radius 2 is 1.68 bits per heavy atom. The molecule has 0 atom stereocenters. The van der Waals surface area contributed by atoms with Crippen LogP contribution in [0.1, 0.15) is 11.1 Å². The zero-order chi connectivity index (χ0) is 19.7. The number of benzene rings is 2. The van der Waals surface area contributed by atoms with E-state index < -0.39 is 0 Å². The molecule has 0 radical (unpaired) electrons. The molecule has 0 unspecified atom stereocenters. The van der Waals surface area contributed by atoms with E-state index >= 15 is 0 Å². The average Bonchev–Trinajstić information content (AvgIpc) is 3.15. The van der Waals surface area contributed by atoms with Crippen molar-refractivity contribution in [2.45, 2.75) is 12.8 Å². The highest BCUT2D eigenvalue weighted by Gasteiger charge is 2.24. The van der Waals surface area contributed by atoms with Crippen LogP contribution < -0.4 is 9.47 Å². The lowest BCUT2D eigenvalue weighted by atomic mass is 9.96. The van der Waals surface area contributed by atoms with Gasteiger partial charge in [0.25, 0.3) is 0 Å². The van der Waals surface area contributed by atoms with Gasteiger partial charge in [-0.15, -0.1) is 0 Å². The zero-order valence-corrected chi connectivity index (χ0v) is 17.0. The van der Waals surface area contributed by atoms with Crippen LogP contribution in [0.25, 0.3) is 22.6 Å². The van der Waals surface area contributed by atoms with Crippen molar-refractivity contribution in [2.24, 2.45) is 0 Å². The fourth-order valence-electron chi connectivity index (χ4n) is 3.65. The van der Waals surface area contributed by atoms with Crippen molar-refractivity contribution >= 4 is 11.6 Å². The van der Waals surface area contributed by atoms with Gasteiger partial charge >= 0.3 is 0 Å². The number of halogens is 1. The molecular weight excluding hydrogens is 376 g/mol. The van der Waals surface area contributed by atoms with E-state index in [0.717, 1.165) is 65.4 Å². The molecular formula is C22H23ClN2O3. The van der Waals surface area contributed by atoms with Gasteiger partial charge in [-0.05, 0) is 49.7 Å². The Labute approximate surface area is 169 Å². The number of methoxy groups -OCH3 is 2. The highest BCUT2D eigenvalue weighted by molar-refractivity contribution is 6.30. The van der Waals surface area contributed by atoms with E-state index in [1.807, 2.05) is 36.4 Å². The van der Waals surface area contributed by atoms with Gasteiger partial charge in [-0.1, -0.05) is 28.9 Å². The van der Waals surface area contributed by atoms with E-state index in [-0.39, 0.29) is 0 Å². The average molecular weight is 399 g/mol. The Morgan fingerprint density at radius 3 is 2.39 bits per heavy atom. The number of rotatable bonds is 3. The molecule has 0 saturated heterocycles. The van der Waals surface area contributed by atoms with E-state index in [9.17, 15) is 0 Å². The molecule has 0 N–H and O–H groups in total. The maximum atomic E-state index is 6.06. The highest BCUT2D eigenvalue weighted by atomic mass is 35.5. The molecule has 5 nitrogen and oxygen atoms in total. The van der Waals surface area contributed by atoms with Crippen molar-refractivity contribution in [3.05, 3.63) is 52.5 Å². The second kappa shape index (κ2) is 7.86. The van der Waals surface area contributed by atoms with Crippen LogP contribution in [0.3, 0.4) is 0 Å². The lowest BCUT2D eigenvalue weighted by Gasteiger charge is -2.16. The van der Waals surface area contributed by atoms with Gasteiger partial charge < -0.3 is 18.9 Å². The molecule has 0 fully saturated rings. The second-order valence-corrected chi connectivity index (χ2v) is 7.45. The van der Waals surface area contributed by atoms with Gasteiger partial charge in [0.15, 0.2) is 17.3 Å². The molecule has 2 heterocycles. The van der Waals surface area contributed by atoms with E-state index in [4.69, 9.17) is 25.6 Å². The SMILES string of the molecule is COc1cc2c(cc1OC)-c1onc(-c3ccc(Cl)cc3)c1CCN(C)CC2. The normalized spacial score (nSPS) is 14.4. The summed E-state index contributed by atoms with van der Waals surface area (Å²) in [5.41, 5.74) is 5.13. The molecule has 2 aromatic carbocycles. The van der Waals surface area contributed by atoms with Crippen molar-refractivity contribution in [1.29, 1.82) is 0 Å². The maximum Gasteiger partial charge on any atom is 0.171 e. The lowest BCUT2D eigenvalue weighted by Crippen LogP contribution is -2.23. The molecule has 3 aromatic rings. The molecule has 146 valence electrons.